The van der Waals surface area contributed by atoms with Crippen LogP contribution in [-0.2, 0) is 0 Å². The van der Waals surface area contributed by atoms with Gasteiger partial charge in [-0.2, -0.15) is 0 Å². The zero-order valence-corrected chi connectivity index (χ0v) is 9.27. The molecule has 2 aromatic rings. The topological polar surface area (TPSA) is 46.1 Å². The van der Waals surface area contributed by atoms with Crippen molar-refractivity contribution in [1.82, 2.24) is 9.88 Å². The molecule has 1 aromatic carbocycles. The predicted octanol–water partition coefficient (Wildman–Crippen LogP) is 2.37. The Morgan fingerprint density at radius 3 is 2.88 bits per heavy atom. The van der Waals surface area contributed by atoms with E-state index in [0.29, 0.717) is 11.4 Å². The minimum Gasteiger partial charge on any atom is -0.341 e. The van der Waals surface area contributed by atoms with E-state index < -0.39 is 0 Å². The predicted molar refractivity (Wildman–Crippen MR) is 63.8 cm³/mol. The maximum absolute atomic E-state index is 13.0. The average Bonchev–Trinajstić information content (AvgIpc) is 2.77. The largest absolute Gasteiger partial charge is 0.341 e. The number of anilines is 1. The third-order valence-electron chi connectivity index (χ3n) is 2.28. The molecule has 88 valence electrons. The monoisotopic (exact) mass is 233 g/mol. The fraction of sp³-hybridized carbons (Fsp3) is 0.0833. The van der Waals surface area contributed by atoms with Gasteiger partial charge < -0.3 is 15.2 Å². The van der Waals surface area contributed by atoms with Gasteiger partial charge in [-0.3, -0.25) is 0 Å². The Hall–Kier alpha value is -2.30. The number of halogens is 1. The Bertz CT molecular complexity index is 536. The lowest BCUT2D eigenvalue weighted by Crippen LogP contribution is -2.24. The summed E-state index contributed by atoms with van der Waals surface area (Å²) in [6.45, 7) is 0. The normalized spacial score (nSPS) is 10.0. The van der Waals surface area contributed by atoms with E-state index >= 15 is 0 Å². The van der Waals surface area contributed by atoms with Crippen molar-refractivity contribution in [3.8, 4) is 5.69 Å². The highest BCUT2D eigenvalue weighted by molar-refractivity contribution is 5.88. The molecule has 0 spiro atoms. The summed E-state index contributed by atoms with van der Waals surface area (Å²) in [5.41, 5.74) is 1.35. The molecule has 2 amide bonds. The number of hydrogen-bond acceptors (Lipinski definition) is 1. The van der Waals surface area contributed by atoms with Crippen LogP contribution < -0.4 is 10.6 Å². The number of amides is 2. The lowest BCUT2D eigenvalue weighted by molar-refractivity contribution is 0.254. The van der Waals surface area contributed by atoms with E-state index in [4.69, 9.17) is 0 Å². The number of hydrogen-bond donors (Lipinski definition) is 2. The summed E-state index contributed by atoms with van der Waals surface area (Å²) >= 11 is 0. The molecule has 5 heteroatoms. The van der Waals surface area contributed by atoms with Crippen molar-refractivity contribution in [2.75, 3.05) is 12.4 Å². The summed E-state index contributed by atoms with van der Waals surface area (Å²) < 4.78 is 14.8. The van der Waals surface area contributed by atoms with Crippen LogP contribution in [0.15, 0.2) is 42.7 Å². The van der Waals surface area contributed by atoms with Crippen LogP contribution in [0.2, 0.25) is 0 Å². The molecule has 0 aliphatic heterocycles. The zero-order valence-electron chi connectivity index (χ0n) is 9.27. The van der Waals surface area contributed by atoms with E-state index in [9.17, 15) is 9.18 Å². The summed E-state index contributed by atoms with van der Waals surface area (Å²) in [6, 6.07) is 7.67. The molecule has 0 radical (unpaired) electrons. The highest BCUT2D eigenvalue weighted by Gasteiger charge is 2.02. The highest BCUT2D eigenvalue weighted by atomic mass is 19.1. The maximum atomic E-state index is 13.0. The Balaban J connectivity index is 2.21. The number of rotatable bonds is 2. The van der Waals surface area contributed by atoms with Gasteiger partial charge in [-0.1, -0.05) is 6.07 Å². The van der Waals surface area contributed by atoms with Crippen LogP contribution in [-0.4, -0.2) is 17.6 Å². The summed E-state index contributed by atoms with van der Waals surface area (Å²) in [5, 5.41) is 5.08. The molecule has 0 unspecified atom stereocenters. The molecule has 17 heavy (non-hydrogen) atoms. The van der Waals surface area contributed by atoms with E-state index in [0.717, 1.165) is 0 Å². The Labute approximate surface area is 98.1 Å². The second-order valence-corrected chi connectivity index (χ2v) is 3.49. The molecule has 2 N–H and O–H groups in total. The van der Waals surface area contributed by atoms with Gasteiger partial charge in [0.1, 0.15) is 5.82 Å². The number of nitrogens with zero attached hydrogens (tertiary/aromatic N) is 1. The van der Waals surface area contributed by atoms with E-state index in [-0.39, 0.29) is 11.8 Å². The van der Waals surface area contributed by atoms with E-state index in [1.165, 1.54) is 12.1 Å². The minimum absolute atomic E-state index is 0.290. The van der Waals surface area contributed by atoms with E-state index in [2.05, 4.69) is 10.6 Å². The molecule has 0 saturated carbocycles. The first-order valence-electron chi connectivity index (χ1n) is 5.12. The van der Waals surface area contributed by atoms with Gasteiger partial charge >= 0.3 is 6.03 Å². The fourth-order valence-electron chi connectivity index (χ4n) is 1.46. The molecular weight excluding hydrogens is 221 g/mol. The number of carbonyl (C=O) groups excluding carboxylic acids is 1. The Kier molecular flexibility index (Phi) is 3.09. The van der Waals surface area contributed by atoms with Gasteiger partial charge in [-0.25, -0.2) is 9.18 Å². The number of nitrogens with one attached hydrogen (secondary N) is 2. The van der Waals surface area contributed by atoms with Crippen molar-refractivity contribution in [3.63, 3.8) is 0 Å². The quantitative estimate of drug-likeness (QED) is 0.821. The van der Waals surface area contributed by atoms with Crippen LogP contribution in [0.25, 0.3) is 5.69 Å². The first kappa shape index (κ1) is 11.2. The van der Waals surface area contributed by atoms with Crippen LogP contribution in [0.4, 0.5) is 14.9 Å². The van der Waals surface area contributed by atoms with Crippen molar-refractivity contribution in [2.45, 2.75) is 0 Å². The van der Waals surface area contributed by atoms with E-state index in [1.807, 2.05) is 0 Å². The summed E-state index contributed by atoms with van der Waals surface area (Å²) in [4.78, 5) is 11.1. The maximum Gasteiger partial charge on any atom is 0.319 e. The molecule has 0 aliphatic carbocycles. The molecule has 1 aromatic heterocycles. The fourth-order valence-corrected chi connectivity index (χ4v) is 1.46. The molecule has 0 bridgehead atoms. The van der Waals surface area contributed by atoms with Gasteiger partial charge in [0.25, 0.3) is 0 Å². The second-order valence-electron chi connectivity index (χ2n) is 3.49. The third kappa shape index (κ3) is 2.63. The molecule has 2 rings (SSSR count). The van der Waals surface area contributed by atoms with Crippen molar-refractivity contribution >= 4 is 11.7 Å². The van der Waals surface area contributed by atoms with Gasteiger partial charge in [0.2, 0.25) is 0 Å². The summed E-state index contributed by atoms with van der Waals surface area (Å²) in [5.74, 6) is -0.294. The van der Waals surface area contributed by atoms with Crippen LogP contribution >= 0.6 is 0 Å². The molecule has 0 aliphatic rings. The number of carbonyl (C=O) groups is 1. The molecule has 0 saturated heterocycles. The first-order valence-corrected chi connectivity index (χ1v) is 5.12. The Morgan fingerprint density at radius 1 is 1.35 bits per heavy atom. The van der Waals surface area contributed by atoms with Crippen LogP contribution in [0, 0.1) is 5.82 Å². The van der Waals surface area contributed by atoms with Crippen molar-refractivity contribution in [2.24, 2.45) is 0 Å². The van der Waals surface area contributed by atoms with Crippen LogP contribution in [0.5, 0.6) is 0 Å². The SMILES string of the molecule is CNC(=O)Nc1ccn(-c2cccc(F)c2)c1. The molecule has 4 nitrogen and oxygen atoms in total. The lowest BCUT2D eigenvalue weighted by Gasteiger charge is -2.03. The minimum atomic E-state index is -0.294. The lowest BCUT2D eigenvalue weighted by atomic mass is 10.3. The van der Waals surface area contributed by atoms with Gasteiger partial charge in [0.05, 0.1) is 5.69 Å². The molecule has 0 atom stereocenters. The van der Waals surface area contributed by atoms with Crippen LogP contribution in [0.1, 0.15) is 0 Å². The highest BCUT2D eigenvalue weighted by Crippen LogP contribution is 2.15. The van der Waals surface area contributed by atoms with Crippen molar-refractivity contribution in [1.29, 1.82) is 0 Å². The number of urea groups is 1. The number of benzene rings is 1. The molecular formula is C12H12FN3O. The zero-order chi connectivity index (χ0) is 12.3. The third-order valence-corrected chi connectivity index (χ3v) is 2.28. The molecule has 1 heterocycles. The van der Waals surface area contributed by atoms with Gasteiger partial charge in [-0.05, 0) is 24.3 Å². The average molecular weight is 233 g/mol. The van der Waals surface area contributed by atoms with Gasteiger partial charge in [0.15, 0.2) is 0 Å². The number of aromatic nitrogens is 1. The Morgan fingerprint density at radius 2 is 2.18 bits per heavy atom. The first-order chi connectivity index (χ1) is 8.19. The van der Waals surface area contributed by atoms with Gasteiger partial charge in [-0.15, -0.1) is 0 Å². The van der Waals surface area contributed by atoms with Crippen molar-refractivity contribution in [3.05, 3.63) is 48.5 Å². The standard InChI is InChI=1S/C12H12FN3O/c1-14-12(17)15-10-5-6-16(8-10)11-4-2-3-9(13)7-11/h2-8H,1H3,(H2,14,15,17). The second kappa shape index (κ2) is 4.69. The molecule has 0 fully saturated rings. The van der Waals surface area contributed by atoms with Gasteiger partial charge in [0, 0.05) is 25.1 Å². The van der Waals surface area contributed by atoms with Crippen LogP contribution in [0.3, 0.4) is 0 Å². The van der Waals surface area contributed by atoms with E-state index in [1.54, 1.807) is 42.2 Å². The summed E-state index contributed by atoms with van der Waals surface area (Å²) in [7, 11) is 1.54. The smallest absolute Gasteiger partial charge is 0.319 e. The summed E-state index contributed by atoms with van der Waals surface area (Å²) in [6.07, 6.45) is 3.46. The van der Waals surface area contributed by atoms with Crippen molar-refractivity contribution < 1.29 is 9.18 Å².